The molecular weight excluding hydrogens is 379 g/mol. The van der Waals surface area contributed by atoms with E-state index >= 15 is 0 Å². The summed E-state index contributed by atoms with van der Waals surface area (Å²) in [6.45, 7) is 0.855. The van der Waals surface area contributed by atoms with Crippen molar-refractivity contribution in [3.05, 3.63) is 83.3 Å². The van der Waals surface area contributed by atoms with Crippen LogP contribution in [0.15, 0.2) is 54.7 Å². The molecule has 4 rings (SSSR count). The topological polar surface area (TPSA) is 38.1 Å². The van der Waals surface area contributed by atoms with Crippen LogP contribution in [0.4, 0.5) is 13.2 Å². The van der Waals surface area contributed by atoms with Crippen LogP contribution in [0.5, 0.6) is 0 Å². The number of aryl methyl sites for hydroxylation is 1. The van der Waals surface area contributed by atoms with Crippen LogP contribution >= 0.6 is 0 Å². The van der Waals surface area contributed by atoms with Gasteiger partial charge in [-0.3, -0.25) is 9.48 Å². The van der Waals surface area contributed by atoms with E-state index in [9.17, 15) is 18.0 Å². The minimum atomic E-state index is -0.769. The summed E-state index contributed by atoms with van der Waals surface area (Å²) in [6, 6.07) is 9.45. The second kappa shape index (κ2) is 7.58. The Morgan fingerprint density at radius 2 is 1.76 bits per heavy atom. The lowest BCUT2D eigenvalue weighted by Crippen LogP contribution is -2.34. The van der Waals surface area contributed by atoms with E-state index in [2.05, 4.69) is 5.10 Å². The van der Waals surface area contributed by atoms with Crippen LogP contribution < -0.4 is 0 Å². The van der Waals surface area contributed by atoms with E-state index in [-0.39, 0.29) is 28.5 Å². The highest BCUT2D eigenvalue weighted by Crippen LogP contribution is 2.28. The average Bonchev–Trinajstić information content (AvgIpc) is 3.09. The molecule has 7 heteroatoms. The predicted octanol–water partition coefficient (Wildman–Crippen LogP) is 4.43. The molecule has 29 heavy (non-hydrogen) atoms. The molecule has 4 nitrogen and oxygen atoms in total. The molecule has 0 bridgehead atoms. The molecule has 0 spiro atoms. The number of benzene rings is 2. The van der Waals surface area contributed by atoms with E-state index in [0.717, 1.165) is 23.3 Å². The van der Waals surface area contributed by atoms with Crippen LogP contribution in [0.1, 0.15) is 22.3 Å². The summed E-state index contributed by atoms with van der Waals surface area (Å²) in [7, 11) is 1.64. The molecule has 1 amide bonds. The van der Waals surface area contributed by atoms with Crippen molar-refractivity contribution in [2.75, 3.05) is 13.1 Å². The molecule has 0 N–H and O–H groups in total. The van der Waals surface area contributed by atoms with E-state index in [4.69, 9.17) is 0 Å². The van der Waals surface area contributed by atoms with Gasteiger partial charge in [0.2, 0.25) is 0 Å². The van der Waals surface area contributed by atoms with E-state index in [0.29, 0.717) is 19.5 Å². The van der Waals surface area contributed by atoms with Crippen LogP contribution in [0, 0.1) is 17.5 Å². The summed E-state index contributed by atoms with van der Waals surface area (Å²) >= 11 is 0. The number of halogens is 3. The predicted molar refractivity (Wildman–Crippen MR) is 103 cm³/mol. The minimum Gasteiger partial charge on any atom is -0.334 e. The molecule has 0 unspecified atom stereocenters. The van der Waals surface area contributed by atoms with Crippen LogP contribution in [0.25, 0.3) is 16.8 Å². The number of carbonyl (C=O) groups is 1. The fourth-order valence-electron chi connectivity index (χ4n) is 3.48. The summed E-state index contributed by atoms with van der Waals surface area (Å²) < 4.78 is 42.0. The number of amides is 1. The molecule has 0 saturated carbocycles. The number of carbonyl (C=O) groups excluding carboxylic acids is 1. The molecule has 1 aromatic heterocycles. The number of hydrogen-bond donors (Lipinski definition) is 0. The summed E-state index contributed by atoms with van der Waals surface area (Å²) in [5.41, 5.74) is 2.49. The SMILES string of the molecule is Cn1cc(C(=O)N2CC=C(c3ccc(F)cc3)CC2)c(-c2ccc(F)cc2F)n1. The normalized spacial score (nSPS) is 14.1. The standard InChI is InChI=1S/C22H18F3N3O/c1-27-13-19(21(26-27)18-7-6-17(24)12-20(18)25)22(29)28-10-8-15(9-11-28)14-2-4-16(23)5-3-14/h2-8,12-13H,9-11H2,1H3. The van der Waals surface area contributed by atoms with Gasteiger partial charge in [0, 0.05) is 38.0 Å². The molecule has 0 radical (unpaired) electrons. The zero-order valence-corrected chi connectivity index (χ0v) is 15.7. The van der Waals surface area contributed by atoms with Crippen LogP contribution in [0.2, 0.25) is 0 Å². The van der Waals surface area contributed by atoms with Gasteiger partial charge in [0.1, 0.15) is 23.1 Å². The van der Waals surface area contributed by atoms with E-state index < -0.39 is 11.6 Å². The fraction of sp³-hybridized carbons (Fsp3) is 0.182. The Morgan fingerprint density at radius 3 is 2.41 bits per heavy atom. The van der Waals surface area contributed by atoms with Crippen molar-refractivity contribution < 1.29 is 18.0 Å². The zero-order chi connectivity index (χ0) is 20.5. The molecule has 3 aromatic rings. The van der Waals surface area contributed by atoms with Gasteiger partial charge in [0.15, 0.2) is 0 Å². The lowest BCUT2D eigenvalue weighted by atomic mass is 9.99. The molecule has 0 fully saturated rings. The molecule has 2 heterocycles. The Morgan fingerprint density at radius 1 is 1.03 bits per heavy atom. The molecule has 1 aliphatic rings. The highest BCUT2D eigenvalue weighted by molar-refractivity contribution is 6.00. The van der Waals surface area contributed by atoms with Crippen LogP contribution in [-0.2, 0) is 7.05 Å². The first-order valence-corrected chi connectivity index (χ1v) is 9.15. The number of rotatable bonds is 3. The quantitative estimate of drug-likeness (QED) is 0.656. The summed E-state index contributed by atoms with van der Waals surface area (Å²) in [5.74, 6) is -2.02. The molecule has 0 atom stereocenters. The molecule has 1 aliphatic heterocycles. The molecule has 0 aliphatic carbocycles. The van der Waals surface area contributed by atoms with Gasteiger partial charge in [0.05, 0.1) is 5.56 Å². The molecular formula is C22H18F3N3O. The van der Waals surface area contributed by atoms with Crippen molar-refractivity contribution >= 4 is 11.5 Å². The van der Waals surface area contributed by atoms with Gasteiger partial charge in [-0.05, 0) is 41.8 Å². The monoisotopic (exact) mass is 397 g/mol. The summed E-state index contributed by atoms with van der Waals surface area (Å²) in [5, 5.41) is 4.21. The van der Waals surface area contributed by atoms with Gasteiger partial charge >= 0.3 is 0 Å². The van der Waals surface area contributed by atoms with Gasteiger partial charge in [-0.15, -0.1) is 0 Å². The first kappa shape index (κ1) is 19.0. The smallest absolute Gasteiger partial charge is 0.257 e. The van der Waals surface area contributed by atoms with Gasteiger partial charge in [-0.2, -0.15) is 5.10 Å². The third-order valence-corrected chi connectivity index (χ3v) is 4.96. The van der Waals surface area contributed by atoms with E-state index in [1.165, 1.54) is 22.9 Å². The van der Waals surface area contributed by atoms with Crippen molar-refractivity contribution in [3.63, 3.8) is 0 Å². The first-order chi connectivity index (χ1) is 13.9. The Bertz CT molecular complexity index is 1100. The lowest BCUT2D eigenvalue weighted by Gasteiger charge is -2.26. The first-order valence-electron chi connectivity index (χ1n) is 9.15. The molecule has 148 valence electrons. The highest BCUT2D eigenvalue weighted by Gasteiger charge is 2.25. The van der Waals surface area contributed by atoms with Gasteiger partial charge < -0.3 is 4.90 Å². The van der Waals surface area contributed by atoms with Gasteiger partial charge in [-0.1, -0.05) is 18.2 Å². The number of hydrogen-bond acceptors (Lipinski definition) is 2. The number of nitrogens with zero attached hydrogens (tertiary/aromatic N) is 3. The maximum Gasteiger partial charge on any atom is 0.257 e. The maximum absolute atomic E-state index is 14.2. The largest absolute Gasteiger partial charge is 0.334 e. The highest BCUT2D eigenvalue weighted by atomic mass is 19.1. The van der Waals surface area contributed by atoms with Crippen LogP contribution in [0.3, 0.4) is 0 Å². The van der Waals surface area contributed by atoms with Crippen LogP contribution in [-0.4, -0.2) is 33.7 Å². The minimum absolute atomic E-state index is 0.0786. The van der Waals surface area contributed by atoms with Crippen molar-refractivity contribution in [2.45, 2.75) is 6.42 Å². The fourth-order valence-corrected chi connectivity index (χ4v) is 3.48. The summed E-state index contributed by atoms with van der Waals surface area (Å²) in [4.78, 5) is 14.7. The second-order valence-corrected chi connectivity index (χ2v) is 6.93. The second-order valence-electron chi connectivity index (χ2n) is 6.93. The summed E-state index contributed by atoms with van der Waals surface area (Å²) in [6.07, 6.45) is 4.10. The molecule has 0 saturated heterocycles. The van der Waals surface area contributed by atoms with Crippen molar-refractivity contribution in [3.8, 4) is 11.3 Å². The third-order valence-electron chi connectivity index (χ3n) is 4.96. The number of aromatic nitrogens is 2. The Labute approximate surface area is 165 Å². The Kier molecular flexibility index (Phi) is 4.96. The molecule has 2 aromatic carbocycles. The Hall–Kier alpha value is -3.35. The Balaban J connectivity index is 1.59. The van der Waals surface area contributed by atoms with Gasteiger partial charge in [0.25, 0.3) is 5.91 Å². The van der Waals surface area contributed by atoms with Crippen molar-refractivity contribution in [1.82, 2.24) is 14.7 Å². The van der Waals surface area contributed by atoms with E-state index in [1.807, 2.05) is 6.08 Å². The third kappa shape index (κ3) is 3.81. The maximum atomic E-state index is 14.2. The average molecular weight is 397 g/mol. The van der Waals surface area contributed by atoms with E-state index in [1.54, 1.807) is 30.3 Å². The lowest BCUT2D eigenvalue weighted by molar-refractivity contribution is 0.0773. The van der Waals surface area contributed by atoms with Crippen molar-refractivity contribution in [1.29, 1.82) is 0 Å². The zero-order valence-electron chi connectivity index (χ0n) is 15.7. The van der Waals surface area contributed by atoms with Gasteiger partial charge in [-0.25, -0.2) is 13.2 Å². The van der Waals surface area contributed by atoms with Crippen molar-refractivity contribution in [2.24, 2.45) is 7.05 Å².